The van der Waals surface area contributed by atoms with Gasteiger partial charge in [0.2, 0.25) is 0 Å². The van der Waals surface area contributed by atoms with Gasteiger partial charge in [-0.2, -0.15) is 0 Å². The molecule has 0 atom stereocenters. The maximum absolute atomic E-state index is 12.7. The first-order valence-corrected chi connectivity index (χ1v) is 10.7. The normalized spacial score (nSPS) is 13.5. The standard InChI is InChI=1S/C20H20N2O5S/c1-2-28(26,27)11-10-21-18(23)15-8-9-16-17(12-15)20(25)22(19(16)24)13-14-6-4-3-5-7-14/h3-9,12H,2,10-11,13H2,1H3,(H,21,23). The number of nitrogens with zero attached hydrogens (tertiary/aromatic N) is 1. The molecule has 0 spiro atoms. The van der Waals surface area contributed by atoms with Crippen molar-refractivity contribution in [2.75, 3.05) is 18.1 Å². The Morgan fingerprint density at radius 2 is 1.68 bits per heavy atom. The van der Waals surface area contributed by atoms with Gasteiger partial charge in [-0.25, -0.2) is 8.42 Å². The van der Waals surface area contributed by atoms with Crippen LogP contribution in [0.4, 0.5) is 0 Å². The number of rotatable bonds is 7. The second-order valence-corrected chi connectivity index (χ2v) is 8.91. The van der Waals surface area contributed by atoms with Gasteiger partial charge in [0, 0.05) is 17.9 Å². The van der Waals surface area contributed by atoms with Crippen LogP contribution in [0, 0.1) is 0 Å². The number of amides is 3. The van der Waals surface area contributed by atoms with Crippen LogP contribution in [0.5, 0.6) is 0 Å². The number of carbonyl (C=O) groups is 3. The van der Waals surface area contributed by atoms with Crippen LogP contribution in [0.25, 0.3) is 0 Å². The number of fused-ring (bicyclic) bond motifs is 1. The van der Waals surface area contributed by atoms with Crippen molar-refractivity contribution in [1.29, 1.82) is 0 Å². The van der Waals surface area contributed by atoms with Crippen molar-refractivity contribution in [2.45, 2.75) is 13.5 Å². The fourth-order valence-electron chi connectivity index (χ4n) is 2.91. The third-order valence-corrected chi connectivity index (χ3v) is 6.26. The SMILES string of the molecule is CCS(=O)(=O)CCNC(=O)c1ccc2c(c1)C(=O)N(Cc1ccccc1)C2=O. The number of benzene rings is 2. The second-order valence-electron chi connectivity index (χ2n) is 6.43. The summed E-state index contributed by atoms with van der Waals surface area (Å²) in [7, 11) is -3.18. The summed E-state index contributed by atoms with van der Waals surface area (Å²) in [5.41, 5.74) is 1.46. The van der Waals surface area contributed by atoms with Gasteiger partial charge in [0.05, 0.1) is 23.4 Å². The molecule has 2 aromatic carbocycles. The van der Waals surface area contributed by atoms with E-state index in [1.165, 1.54) is 18.2 Å². The van der Waals surface area contributed by atoms with Crippen molar-refractivity contribution >= 4 is 27.6 Å². The van der Waals surface area contributed by atoms with E-state index < -0.39 is 27.6 Å². The van der Waals surface area contributed by atoms with Gasteiger partial charge in [-0.3, -0.25) is 19.3 Å². The summed E-state index contributed by atoms with van der Waals surface area (Å²) in [6.45, 7) is 1.68. The van der Waals surface area contributed by atoms with Crippen molar-refractivity contribution in [3.8, 4) is 0 Å². The highest BCUT2D eigenvalue weighted by molar-refractivity contribution is 7.91. The molecule has 7 nitrogen and oxygen atoms in total. The molecule has 0 aromatic heterocycles. The predicted molar refractivity (Wildman–Crippen MR) is 104 cm³/mol. The first kappa shape index (κ1) is 19.8. The molecule has 3 amide bonds. The number of hydrogen-bond acceptors (Lipinski definition) is 5. The van der Waals surface area contributed by atoms with Crippen molar-refractivity contribution in [1.82, 2.24) is 10.2 Å². The Morgan fingerprint density at radius 1 is 1.00 bits per heavy atom. The minimum atomic E-state index is -3.18. The van der Waals surface area contributed by atoms with Crippen LogP contribution in [0.2, 0.25) is 0 Å². The Kier molecular flexibility index (Phi) is 5.60. The Bertz CT molecular complexity index is 1030. The van der Waals surface area contributed by atoms with E-state index in [0.717, 1.165) is 10.5 Å². The molecular weight excluding hydrogens is 380 g/mol. The molecule has 0 bridgehead atoms. The smallest absolute Gasteiger partial charge is 0.261 e. The number of carbonyl (C=O) groups excluding carboxylic acids is 3. The molecule has 1 heterocycles. The number of nitrogens with one attached hydrogen (secondary N) is 1. The van der Waals surface area contributed by atoms with E-state index in [1.807, 2.05) is 30.3 Å². The van der Waals surface area contributed by atoms with Gasteiger partial charge >= 0.3 is 0 Å². The van der Waals surface area contributed by atoms with Crippen LogP contribution < -0.4 is 5.32 Å². The van der Waals surface area contributed by atoms with Gasteiger partial charge in [0.15, 0.2) is 9.84 Å². The third-order valence-electron chi connectivity index (χ3n) is 4.55. The topological polar surface area (TPSA) is 101 Å². The largest absolute Gasteiger partial charge is 0.351 e. The second kappa shape index (κ2) is 7.93. The molecule has 8 heteroatoms. The lowest BCUT2D eigenvalue weighted by atomic mass is 10.1. The maximum atomic E-state index is 12.7. The van der Waals surface area contributed by atoms with Gasteiger partial charge in [-0.05, 0) is 23.8 Å². The molecule has 146 valence electrons. The van der Waals surface area contributed by atoms with Crippen molar-refractivity contribution < 1.29 is 22.8 Å². The van der Waals surface area contributed by atoms with Gasteiger partial charge < -0.3 is 5.32 Å². The van der Waals surface area contributed by atoms with Crippen molar-refractivity contribution in [3.63, 3.8) is 0 Å². The highest BCUT2D eigenvalue weighted by Gasteiger charge is 2.35. The highest BCUT2D eigenvalue weighted by atomic mass is 32.2. The Morgan fingerprint density at radius 3 is 2.36 bits per heavy atom. The average molecular weight is 400 g/mol. The first-order valence-electron chi connectivity index (χ1n) is 8.85. The predicted octanol–water partition coefficient (Wildman–Crippen LogP) is 1.65. The van der Waals surface area contributed by atoms with Gasteiger partial charge in [0.1, 0.15) is 0 Å². The monoisotopic (exact) mass is 400 g/mol. The molecule has 1 N–H and O–H groups in total. The summed E-state index contributed by atoms with van der Waals surface area (Å²) in [6, 6.07) is 13.5. The molecule has 0 fully saturated rings. The number of imide groups is 1. The zero-order valence-corrected chi connectivity index (χ0v) is 16.2. The lowest BCUT2D eigenvalue weighted by molar-refractivity contribution is 0.0642. The third kappa shape index (κ3) is 4.12. The lowest BCUT2D eigenvalue weighted by Gasteiger charge is -2.13. The number of sulfone groups is 1. The van der Waals surface area contributed by atoms with E-state index >= 15 is 0 Å². The van der Waals surface area contributed by atoms with Gasteiger partial charge in [0.25, 0.3) is 17.7 Å². The summed E-state index contributed by atoms with van der Waals surface area (Å²) >= 11 is 0. The molecule has 1 aliphatic rings. The molecule has 0 saturated heterocycles. The van der Waals surface area contributed by atoms with Gasteiger partial charge in [-0.1, -0.05) is 37.3 Å². The lowest BCUT2D eigenvalue weighted by Crippen LogP contribution is -2.30. The molecule has 3 rings (SSSR count). The molecular formula is C20H20N2O5S. The van der Waals surface area contributed by atoms with Gasteiger partial charge in [-0.15, -0.1) is 0 Å². The summed E-state index contributed by atoms with van der Waals surface area (Å²) in [5.74, 6) is -1.48. The molecule has 0 aliphatic carbocycles. The van der Waals surface area contributed by atoms with E-state index in [0.29, 0.717) is 0 Å². The summed E-state index contributed by atoms with van der Waals surface area (Å²) < 4.78 is 23.0. The van der Waals surface area contributed by atoms with Crippen LogP contribution in [-0.4, -0.2) is 49.1 Å². The zero-order chi connectivity index (χ0) is 20.3. The quantitative estimate of drug-likeness (QED) is 0.712. The minimum Gasteiger partial charge on any atom is -0.351 e. The Hall–Kier alpha value is -3.00. The molecule has 0 unspecified atom stereocenters. The van der Waals surface area contributed by atoms with Crippen molar-refractivity contribution in [2.24, 2.45) is 0 Å². The van der Waals surface area contributed by atoms with E-state index in [-0.39, 0.29) is 41.3 Å². The first-order chi connectivity index (χ1) is 13.3. The van der Waals surface area contributed by atoms with Crippen LogP contribution >= 0.6 is 0 Å². The molecule has 2 aromatic rings. The average Bonchev–Trinajstić information content (AvgIpc) is 2.93. The Balaban J connectivity index is 1.73. The van der Waals surface area contributed by atoms with E-state index in [2.05, 4.69) is 5.32 Å². The van der Waals surface area contributed by atoms with E-state index in [9.17, 15) is 22.8 Å². The summed E-state index contributed by atoms with van der Waals surface area (Å²) in [6.07, 6.45) is 0. The molecule has 28 heavy (non-hydrogen) atoms. The van der Waals surface area contributed by atoms with Crippen molar-refractivity contribution in [3.05, 3.63) is 70.8 Å². The van der Waals surface area contributed by atoms with Crippen LogP contribution in [0.15, 0.2) is 48.5 Å². The van der Waals surface area contributed by atoms with Crippen LogP contribution in [0.3, 0.4) is 0 Å². The highest BCUT2D eigenvalue weighted by Crippen LogP contribution is 2.25. The molecule has 1 aliphatic heterocycles. The van der Waals surface area contributed by atoms with Crippen LogP contribution in [0.1, 0.15) is 43.6 Å². The van der Waals surface area contributed by atoms with E-state index in [1.54, 1.807) is 6.92 Å². The Labute approximate surface area is 163 Å². The molecule has 0 radical (unpaired) electrons. The minimum absolute atomic E-state index is 0.00950. The van der Waals surface area contributed by atoms with Crippen LogP contribution in [-0.2, 0) is 16.4 Å². The zero-order valence-electron chi connectivity index (χ0n) is 15.3. The fourth-order valence-corrected chi connectivity index (χ4v) is 3.61. The van der Waals surface area contributed by atoms with E-state index in [4.69, 9.17) is 0 Å². The maximum Gasteiger partial charge on any atom is 0.261 e. The number of hydrogen-bond donors (Lipinski definition) is 1. The fraction of sp³-hybridized carbons (Fsp3) is 0.250. The summed E-state index contributed by atoms with van der Waals surface area (Å²) in [4.78, 5) is 38.6. The molecule has 0 saturated carbocycles. The summed E-state index contributed by atoms with van der Waals surface area (Å²) in [5, 5.41) is 2.53.